The minimum absolute atomic E-state index is 0.715. The fourth-order valence-corrected chi connectivity index (χ4v) is 2.84. The Hall–Kier alpha value is -1.65. The van der Waals surface area contributed by atoms with E-state index in [0.717, 1.165) is 21.9 Å². The standard InChI is InChI=1S/C14H12ClN3S/c1-9-4-5-16-7-10(9)8-17-14-18-12-6-11(15)2-3-13(12)19-14/h2-7H,8H2,1H3,(H,17,18). The number of nitrogens with zero attached hydrogens (tertiary/aromatic N) is 2. The molecule has 0 aliphatic rings. The number of aromatic nitrogens is 2. The number of hydrogen-bond acceptors (Lipinski definition) is 4. The summed E-state index contributed by atoms with van der Waals surface area (Å²) in [7, 11) is 0. The molecule has 0 fully saturated rings. The van der Waals surface area contributed by atoms with Gasteiger partial charge in [0.15, 0.2) is 5.13 Å². The third-order valence-corrected chi connectivity index (χ3v) is 4.16. The van der Waals surface area contributed by atoms with Gasteiger partial charge in [-0.15, -0.1) is 0 Å². The van der Waals surface area contributed by atoms with Crippen molar-refractivity contribution in [3.8, 4) is 0 Å². The third-order valence-electron chi connectivity index (χ3n) is 2.93. The highest BCUT2D eigenvalue weighted by atomic mass is 35.5. The number of benzene rings is 1. The van der Waals surface area contributed by atoms with Crippen LogP contribution in [0.2, 0.25) is 5.02 Å². The number of halogens is 1. The van der Waals surface area contributed by atoms with E-state index in [-0.39, 0.29) is 0 Å². The van der Waals surface area contributed by atoms with Crippen molar-refractivity contribution in [2.45, 2.75) is 13.5 Å². The Kier molecular flexibility index (Phi) is 3.36. The van der Waals surface area contributed by atoms with Crippen molar-refractivity contribution in [2.75, 3.05) is 5.32 Å². The first kappa shape index (κ1) is 12.4. The molecule has 1 aromatic carbocycles. The van der Waals surface area contributed by atoms with Gasteiger partial charge in [0.2, 0.25) is 0 Å². The Bertz CT molecular complexity index is 724. The third kappa shape index (κ3) is 2.69. The molecule has 19 heavy (non-hydrogen) atoms. The summed E-state index contributed by atoms with van der Waals surface area (Å²) in [6, 6.07) is 7.77. The van der Waals surface area contributed by atoms with Crippen molar-refractivity contribution in [1.82, 2.24) is 9.97 Å². The molecule has 3 rings (SSSR count). The van der Waals surface area contributed by atoms with E-state index in [9.17, 15) is 0 Å². The van der Waals surface area contributed by atoms with Gasteiger partial charge in [-0.25, -0.2) is 4.98 Å². The van der Waals surface area contributed by atoms with Crippen molar-refractivity contribution in [3.63, 3.8) is 0 Å². The van der Waals surface area contributed by atoms with Crippen molar-refractivity contribution < 1.29 is 0 Å². The number of anilines is 1. The van der Waals surface area contributed by atoms with Gasteiger partial charge in [-0.05, 0) is 42.3 Å². The molecule has 0 saturated heterocycles. The van der Waals surface area contributed by atoms with Crippen LogP contribution in [0.15, 0.2) is 36.7 Å². The maximum Gasteiger partial charge on any atom is 0.184 e. The van der Waals surface area contributed by atoms with E-state index in [1.807, 2.05) is 30.5 Å². The molecule has 0 aliphatic heterocycles. The monoisotopic (exact) mass is 289 g/mol. The molecule has 5 heteroatoms. The molecule has 3 nitrogen and oxygen atoms in total. The van der Waals surface area contributed by atoms with Crippen LogP contribution in [0.5, 0.6) is 0 Å². The van der Waals surface area contributed by atoms with E-state index in [0.29, 0.717) is 5.02 Å². The summed E-state index contributed by atoms with van der Waals surface area (Å²) >= 11 is 7.59. The van der Waals surface area contributed by atoms with Crippen LogP contribution in [0.3, 0.4) is 0 Å². The van der Waals surface area contributed by atoms with Crippen LogP contribution >= 0.6 is 22.9 Å². The van der Waals surface area contributed by atoms with Gasteiger partial charge in [0.25, 0.3) is 0 Å². The minimum atomic E-state index is 0.715. The number of rotatable bonds is 3. The summed E-state index contributed by atoms with van der Waals surface area (Å²) in [6.45, 7) is 2.81. The topological polar surface area (TPSA) is 37.8 Å². The Morgan fingerprint density at radius 1 is 1.32 bits per heavy atom. The minimum Gasteiger partial charge on any atom is -0.357 e. The van der Waals surface area contributed by atoms with Crippen LogP contribution < -0.4 is 5.32 Å². The van der Waals surface area contributed by atoms with Crippen LogP contribution in [0.25, 0.3) is 10.2 Å². The second-order valence-electron chi connectivity index (χ2n) is 4.29. The molecule has 0 saturated carbocycles. The number of aryl methyl sites for hydroxylation is 1. The maximum absolute atomic E-state index is 5.96. The quantitative estimate of drug-likeness (QED) is 0.782. The Labute approximate surface area is 120 Å². The molecule has 0 bridgehead atoms. The molecule has 0 spiro atoms. The van der Waals surface area contributed by atoms with Gasteiger partial charge in [-0.2, -0.15) is 0 Å². The smallest absolute Gasteiger partial charge is 0.184 e. The van der Waals surface area contributed by atoms with Crippen LogP contribution in [-0.4, -0.2) is 9.97 Å². The zero-order valence-corrected chi connectivity index (χ0v) is 11.9. The van der Waals surface area contributed by atoms with Crippen molar-refractivity contribution in [1.29, 1.82) is 0 Å². The Morgan fingerprint density at radius 2 is 2.21 bits per heavy atom. The average molecular weight is 290 g/mol. The summed E-state index contributed by atoms with van der Waals surface area (Å²) in [5.74, 6) is 0. The van der Waals surface area contributed by atoms with Crippen LogP contribution in [-0.2, 0) is 6.54 Å². The first-order valence-corrected chi connectivity index (χ1v) is 7.11. The van der Waals surface area contributed by atoms with Crippen LogP contribution in [0, 0.1) is 6.92 Å². The normalized spacial score (nSPS) is 10.8. The van der Waals surface area contributed by atoms with Gasteiger partial charge >= 0.3 is 0 Å². The highest BCUT2D eigenvalue weighted by molar-refractivity contribution is 7.22. The van der Waals surface area contributed by atoms with Crippen molar-refractivity contribution in [2.24, 2.45) is 0 Å². The summed E-state index contributed by atoms with van der Waals surface area (Å²) in [4.78, 5) is 8.66. The summed E-state index contributed by atoms with van der Waals surface area (Å²) < 4.78 is 1.13. The molecular formula is C14H12ClN3S. The van der Waals surface area contributed by atoms with E-state index in [2.05, 4.69) is 22.2 Å². The molecule has 0 aliphatic carbocycles. The predicted octanol–water partition coefficient (Wildman–Crippen LogP) is 4.27. The van der Waals surface area contributed by atoms with Crippen molar-refractivity contribution >= 4 is 38.3 Å². The average Bonchev–Trinajstić information content (AvgIpc) is 2.79. The lowest BCUT2D eigenvalue weighted by Gasteiger charge is -2.04. The second kappa shape index (κ2) is 5.15. The fourth-order valence-electron chi connectivity index (χ4n) is 1.83. The molecule has 1 N–H and O–H groups in total. The lowest BCUT2D eigenvalue weighted by Crippen LogP contribution is -2.01. The fraction of sp³-hybridized carbons (Fsp3) is 0.143. The van der Waals surface area contributed by atoms with Gasteiger partial charge in [-0.3, -0.25) is 4.98 Å². The zero-order valence-electron chi connectivity index (χ0n) is 10.4. The molecule has 0 radical (unpaired) electrons. The number of fused-ring (bicyclic) bond motifs is 1. The first-order valence-electron chi connectivity index (χ1n) is 5.92. The van der Waals surface area contributed by atoms with Gasteiger partial charge in [0.05, 0.1) is 10.2 Å². The summed E-state index contributed by atoms with van der Waals surface area (Å²) in [6.07, 6.45) is 3.69. The van der Waals surface area contributed by atoms with Gasteiger partial charge in [0.1, 0.15) is 0 Å². The van der Waals surface area contributed by atoms with Crippen molar-refractivity contribution in [3.05, 3.63) is 52.8 Å². The van der Waals surface area contributed by atoms with Crippen LogP contribution in [0.1, 0.15) is 11.1 Å². The number of pyridine rings is 1. The molecule has 0 amide bonds. The Morgan fingerprint density at radius 3 is 3.05 bits per heavy atom. The molecule has 3 aromatic rings. The number of hydrogen-bond donors (Lipinski definition) is 1. The van der Waals surface area contributed by atoms with E-state index >= 15 is 0 Å². The highest BCUT2D eigenvalue weighted by Gasteiger charge is 2.05. The lowest BCUT2D eigenvalue weighted by atomic mass is 10.2. The molecule has 96 valence electrons. The van der Waals surface area contributed by atoms with E-state index in [4.69, 9.17) is 11.6 Å². The lowest BCUT2D eigenvalue weighted by molar-refractivity contribution is 1.08. The molecule has 0 unspecified atom stereocenters. The molecular weight excluding hydrogens is 278 g/mol. The largest absolute Gasteiger partial charge is 0.357 e. The predicted molar refractivity (Wildman–Crippen MR) is 80.9 cm³/mol. The second-order valence-corrected chi connectivity index (χ2v) is 5.75. The maximum atomic E-state index is 5.96. The highest BCUT2D eigenvalue weighted by Crippen LogP contribution is 2.28. The van der Waals surface area contributed by atoms with Gasteiger partial charge in [0, 0.05) is 24.0 Å². The van der Waals surface area contributed by atoms with E-state index in [1.165, 1.54) is 11.1 Å². The van der Waals surface area contributed by atoms with E-state index in [1.54, 1.807) is 17.5 Å². The summed E-state index contributed by atoms with van der Waals surface area (Å²) in [5.41, 5.74) is 3.34. The molecule has 0 atom stereocenters. The van der Waals surface area contributed by atoms with Crippen LogP contribution in [0.4, 0.5) is 5.13 Å². The summed E-state index contributed by atoms with van der Waals surface area (Å²) in [5, 5.41) is 4.95. The number of thiazole rings is 1. The number of nitrogens with one attached hydrogen (secondary N) is 1. The SMILES string of the molecule is Cc1ccncc1CNc1nc2cc(Cl)ccc2s1. The first-order chi connectivity index (χ1) is 9.22. The Balaban J connectivity index is 1.80. The van der Waals surface area contributed by atoms with E-state index < -0.39 is 0 Å². The van der Waals surface area contributed by atoms with Gasteiger partial charge in [-0.1, -0.05) is 22.9 Å². The molecule has 2 aromatic heterocycles. The molecule has 2 heterocycles. The zero-order chi connectivity index (χ0) is 13.2. The van der Waals surface area contributed by atoms with Gasteiger partial charge < -0.3 is 5.32 Å².